The van der Waals surface area contributed by atoms with Crippen LogP contribution in [0.25, 0.3) is 10.9 Å². The smallest absolute Gasteiger partial charge is 0.275 e. The molecule has 0 radical (unpaired) electrons. The Balaban J connectivity index is 1.48. The summed E-state index contributed by atoms with van der Waals surface area (Å²) >= 11 is 6.62. The number of aromatic nitrogens is 3. The zero-order valence-corrected chi connectivity index (χ0v) is 17.1. The minimum Gasteiger partial charge on any atom is -0.356 e. The number of carbonyl (C=O) groups is 1. The molecule has 6 rings (SSSR count). The van der Waals surface area contributed by atoms with Gasteiger partial charge in [-0.25, -0.2) is 0 Å². The van der Waals surface area contributed by atoms with E-state index in [4.69, 9.17) is 11.6 Å². The SMILES string of the molecule is O=C(c1cc(C2CC2)[nH]n1)N1CCc2c([nH]c3ccccc23)C1c1ccccc1Cl. The maximum Gasteiger partial charge on any atom is 0.275 e. The first-order valence-corrected chi connectivity index (χ1v) is 10.8. The highest BCUT2D eigenvalue weighted by atomic mass is 35.5. The minimum absolute atomic E-state index is 0.0626. The molecule has 6 heteroatoms. The van der Waals surface area contributed by atoms with Crippen LogP contribution in [0.5, 0.6) is 0 Å². The molecule has 2 aromatic heterocycles. The van der Waals surface area contributed by atoms with Crippen LogP contribution in [0.3, 0.4) is 0 Å². The van der Waals surface area contributed by atoms with Gasteiger partial charge in [0, 0.05) is 39.8 Å². The number of benzene rings is 2. The van der Waals surface area contributed by atoms with Crippen LogP contribution in [-0.4, -0.2) is 32.5 Å². The molecule has 0 spiro atoms. The van der Waals surface area contributed by atoms with Crippen LogP contribution < -0.4 is 0 Å². The Hall–Kier alpha value is -3.05. The quantitative estimate of drug-likeness (QED) is 0.481. The van der Waals surface area contributed by atoms with Crippen molar-refractivity contribution in [2.24, 2.45) is 0 Å². The number of hydrogen-bond acceptors (Lipinski definition) is 2. The van der Waals surface area contributed by atoms with Crippen molar-refractivity contribution in [2.75, 3.05) is 6.54 Å². The molecule has 1 unspecified atom stereocenters. The van der Waals surface area contributed by atoms with Gasteiger partial charge in [0.25, 0.3) is 5.91 Å². The number of rotatable bonds is 3. The monoisotopic (exact) mass is 416 g/mol. The standard InChI is InChI=1S/C24H21ClN4O/c25-18-7-3-1-6-17(18)23-22-16(15-5-2-4-8-19(15)26-22)11-12-29(23)24(30)21-13-20(27-28-21)14-9-10-14/h1-8,13-14,23,26H,9-12H2,(H,27,28). The summed E-state index contributed by atoms with van der Waals surface area (Å²) in [5.41, 5.74) is 5.87. The van der Waals surface area contributed by atoms with Gasteiger partial charge in [0.2, 0.25) is 0 Å². The van der Waals surface area contributed by atoms with Gasteiger partial charge in [0.15, 0.2) is 0 Å². The number of halogens is 1. The first-order valence-electron chi connectivity index (χ1n) is 10.4. The van der Waals surface area contributed by atoms with Gasteiger partial charge in [-0.15, -0.1) is 0 Å². The van der Waals surface area contributed by atoms with Crippen LogP contribution in [0, 0.1) is 0 Å². The lowest BCUT2D eigenvalue weighted by molar-refractivity contribution is 0.0686. The summed E-state index contributed by atoms with van der Waals surface area (Å²) in [6.07, 6.45) is 3.13. The summed E-state index contributed by atoms with van der Waals surface area (Å²) in [7, 11) is 0. The van der Waals surface area contributed by atoms with Crippen LogP contribution in [-0.2, 0) is 6.42 Å². The number of H-pyrrole nitrogens is 2. The van der Waals surface area contributed by atoms with E-state index < -0.39 is 0 Å². The average Bonchev–Trinajstić information content (AvgIpc) is 3.38. The fraction of sp³-hybridized carbons (Fsp3) is 0.250. The summed E-state index contributed by atoms with van der Waals surface area (Å²) in [6.45, 7) is 0.620. The predicted octanol–water partition coefficient (Wildman–Crippen LogP) is 5.21. The molecule has 2 N–H and O–H groups in total. The Morgan fingerprint density at radius 1 is 1.10 bits per heavy atom. The molecule has 1 saturated carbocycles. The van der Waals surface area contributed by atoms with Crippen molar-refractivity contribution in [1.29, 1.82) is 0 Å². The van der Waals surface area contributed by atoms with E-state index in [0.717, 1.165) is 28.9 Å². The molecular formula is C24H21ClN4O. The maximum absolute atomic E-state index is 13.6. The van der Waals surface area contributed by atoms with Crippen LogP contribution in [0.1, 0.15) is 57.8 Å². The largest absolute Gasteiger partial charge is 0.356 e. The van der Waals surface area contributed by atoms with Gasteiger partial charge in [-0.1, -0.05) is 48.0 Å². The van der Waals surface area contributed by atoms with Crippen molar-refractivity contribution in [3.63, 3.8) is 0 Å². The van der Waals surface area contributed by atoms with E-state index in [1.807, 2.05) is 41.3 Å². The van der Waals surface area contributed by atoms with E-state index in [1.165, 1.54) is 23.8 Å². The molecule has 30 heavy (non-hydrogen) atoms. The van der Waals surface area contributed by atoms with Crippen molar-refractivity contribution in [2.45, 2.75) is 31.2 Å². The molecule has 0 saturated heterocycles. The Morgan fingerprint density at radius 2 is 1.90 bits per heavy atom. The highest BCUT2D eigenvalue weighted by Crippen LogP contribution is 2.42. The number of amides is 1. The van der Waals surface area contributed by atoms with Crippen molar-refractivity contribution < 1.29 is 4.79 Å². The van der Waals surface area contributed by atoms with Crippen molar-refractivity contribution in [1.82, 2.24) is 20.1 Å². The van der Waals surface area contributed by atoms with Gasteiger partial charge < -0.3 is 9.88 Å². The predicted molar refractivity (Wildman–Crippen MR) is 117 cm³/mol. The third-order valence-corrected chi connectivity index (χ3v) is 6.67. The van der Waals surface area contributed by atoms with Crippen molar-refractivity contribution in [3.05, 3.63) is 87.8 Å². The molecule has 3 heterocycles. The summed E-state index contributed by atoms with van der Waals surface area (Å²) in [6, 6.07) is 17.7. The number of nitrogens with zero attached hydrogens (tertiary/aromatic N) is 2. The number of fused-ring (bicyclic) bond motifs is 3. The van der Waals surface area contributed by atoms with Crippen molar-refractivity contribution in [3.8, 4) is 0 Å². The molecule has 4 aromatic rings. The number of carbonyl (C=O) groups excluding carboxylic acids is 1. The molecule has 1 aliphatic carbocycles. The topological polar surface area (TPSA) is 64.8 Å². The Bertz CT molecular complexity index is 1270. The number of nitrogens with one attached hydrogen (secondary N) is 2. The lowest BCUT2D eigenvalue weighted by atomic mass is 9.92. The molecule has 5 nitrogen and oxygen atoms in total. The Morgan fingerprint density at radius 3 is 2.73 bits per heavy atom. The van der Waals surface area contributed by atoms with E-state index in [1.54, 1.807) is 0 Å². The van der Waals surface area contributed by atoms with Crippen molar-refractivity contribution >= 4 is 28.4 Å². The van der Waals surface area contributed by atoms with Gasteiger partial charge in [-0.3, -0.25) is 9.89 Å². The number of hydrogen-bond donors (Lipinski definition) is 2. The average molecular weight is 417 g/mol. The lowest BCUT2D eigenvalue weighted by Crippen LogP contribution is -2.41. The molecule has 150 valence electrons. The second kappa shape index (κ2) is 6.74. The molecule has 1 fully saturated rings. The van der Waals surface area contributed by atoms with E-state index in [9.17, 15) is 4.79 Å². The van der Waals surface area contributed by atoms with Gasteiger partial charge in [0.05, 0.1) is 6.04 Å². The third kappa shape index (κ3) is 2.76. The van der Waals surface area contributed by atoms with Gasteiger partial charge >= 0.3 is 0 Å². The first-order chi connectivity index (χ1) is 14.7. The third-order valence-electron chi connectivity index (χ3n) is 6.33. The highest BCUT2D eigenvalue weighted by Gasteiger charge is 2.37. The van der Waals surface area contributed by atoms with Crippen LogP contribution in [0.15, 0.2) is 54.6 Å². The summed E-state index contributed by atoms with van der Waals surface area (Å²) in [5, 5.41) is 9.28. The maximum atomic E-state index is 13.6. The van der Waals surface area contributed by atoms with Crippen LogP contribution >= 0.6 is 11.6 Å². The van der Waals surface area contributed by atoms with E-state index in [2.05, 4.69) is 33.4 Å². The Kier molecular flexibility index (Phi) is 4.00. The fourth-order valence-electron chi connectivity index (χ4n) is 4.68. The molecular weight excluding hydrogens is 396 g/mol. The molecule has 2 aromatic carbocycles. The molecule has 1 amide bonds. The van der Waals surface area contributed by atoms with E-state index in [-0.39, 0.29) is 11.9 Å². The van der Waals surface area contributed by atoms with Gasteiger partial charge in [0.1, 0.15) is 5.69 Å². The van der Waals surface area contributed by atoms with E-state index in [0.29, 0.717) is 23.2 Å². The number of para-hydroxylation sites is 1. The second-order valence-electron chi connectivity index (χ2n) is 8.22. The molecule has 2 aliphatic rings. The summed E-state index contributed by atoms with van der Waals surface area (Å²) in [5.74, 6) is 0.465. The minimum atomic E-state index is -0.275. The van der Waals surface area contributed by atoms with Gasteiger partial charge in [-0.05, 0) is 48.6 Å². The fourth-order valence-corrected chi connectivity index (χ4v) is 4.92. The summed E-state index contributed by atoms with van der Waals surface area (Å²) < 4.78 is 0. The van der Waals surface area contributed by atoms with Crippen LogP contribution in [0.2, 0.25) is 5.02 Å². The van der Waals surface area contributed by atoms with E-state index >= 15 is 0 Å². The van der Waals surface area contributed by atoms with Gasteiger partial charge in [-0.2, -0.15) is 5.10 Å². The molecule has 1 aliphatic heterocycles. The number of aromatic amines is 2. The Labute approximate surface area is 179 Å². The molecule has 0 bridgehead atoms. The second-order valence-corrected chi connectivity index (χ2v) is 8.63. The highest BCUT2D eigenvalue weighted by molar-refractivity contribution is 6.31. The molecule has 1 atom stereocenters. The van der Waals surface area contributed by atoms with Crippen LogP contribution in [0.4, 0.5) is 0 Å². The lowest BCUT2D eigenvalue weighted by Gasteiger charge is -2.36. The summed E-state index contributed by atoms with van der Waals surface area (Å²) in [4.78, 5) is 19.1. The zero-order chi connectivity index (χ0) is 20.2. The zero-order valence-electron chi connectivity index (χ0n) is 16.4. The first kappa shape index (κ1) is 17.8. The normalized spacial score (nSPS) is 18.6.